The average molecular weight is 599 g/mol. The molecular weight excluding hydrogens is 568 g/mol. The zero-order chi connectivity index (χ0) is 30.4. The van der Waals surface area contributed by atoms with E-state index in [0.717, 1.165) is 22.3 Å². The summed E-state index contributed by atoms with van der Waals surface area (Å²) >= 11 is 0. The maximum absolute atomic E-state index is 13.6. The highest BCUT2D eigenvalue weighted by molar-refractivity contribution is 5.92. The van der Waals surface area contributed by atoms with Crippen molar-refractivity contribution in [2.75, 3.05) is 34.7 Å². The fourth-order valence-corrected chi connectivity index (χ4v) is 6.49. The van der Waals surface area contributed by atoms with Gasteiger partial charge < -0.3 is 33.7 Å². The Hall–Kier alpha value is -5.26. The number of hydrogen-bond donors (Lipinski definition) is 1. The van der Waals surface area contributed by atoms with Gasteiger partial charge in [0.05, 0.1) is 52.6 Å². The van der Waals surface area contributed by atoms with Gasteiger partial charge in [0.2, 0.25) is 12.5 Å². The number of nitrogens with zero attached hydrogens (tertiary/aromatic N) is 3. The first kappa shape index (κ1) is 27.6. The van der Waals surface area contributed by atoms with Gasteiger partial charge in [-0.05, 0) is 46.5 Å². The highest BCUT2D eigenvalue weighted by Crippen LogP contribution is 2.55. The van der Waals surface area contributed by atoms with E-state index in [1.165, 1.54) is 7.11 Å². The summed E-state index contributed by atoms with van der Waals surface area (Å²) in [5.74, 6) is 0.232. The summed E-state index contributed by atoms with van der Waals surface area (Å²) in [6, 6.07) is 16.6. The molecular formula is C32H30N4O8. The van der Waals surface area contributed by atoms with Crippen LogP contribution in [-0.4, -0.2) is 61.6 Å². The van der Waals surface area contributed by atoms with Crippen LogP contribution in [0.1, 0.15) is 44.7 Å². The molecule has 0 unspecified atom stereocenters. The summed E-state index contributed by atoms with van der Waals surface area (Å²) in [5.41, 5.74) is 3.54. The molecule has 0 saturated carbocycles. The molecule has 1 saturated heterocycles. The number of hydrogen-bond acceptors (Lipinski definition) is 10. The van der Waals surface area contributed by atoms with Crippen molar-refractivity contribution >= 4 is 11.9 Å². The molecule has 0 spiro atoms. The molecule has 12 nitrogen and oxygen atoms in total. The van der Waals surface area contributed by atoms with Crippen LogP contribution in [0.2, 0.25) is 0 Å². The Labute approximate surface area is 252 Å². The molecule has 4 atom stereocenters. The average Bonchev–Trinajstić information content (AvgIpc) is 3.80. The minimum Gasteiger partial charge on any atom is -0.493 e. The van der Waals surface area contributed by atoms with Gasteiger partial charge in [0.1, 0.15) is 0 Å². The van der Waals surface area contributed by atoms with Gasteiger partial charge in [0.15, 0.2) is 28.7 Å². The number of esters is 1. The largest absolute Gasteiger partial charge is 0.493 e. The predicted octanol–water partition coefficient (Wildman–Crippen LogP) is 3.49. The first-order chi connectivity index (χ1) is 21.5. The van der Waals surface area contributed by atoms with Gasteiger partial charge >= 0.3 is 5.97 Å². The summed E-state index contributed by atoms with van der Waals surface area (Å²) in [7, 11) is 4.62. The monoisotopic (exact) mass is 598 g/mol. The lowest BCUT2D eigenvalue weighted by Gasteiger charge is -2.39. The fourth-order valence-electron chi connectivity index (χ4n) is 6.49. The Morgan fingerprint density at radius 1 is 0.955 bits per heavy atom. The number of amides is 1. The van der Waals surface area contributed by atoms with Crippen LogP contribution in [0.25, 0.3) is 0 Å². The molecule has 1 fully saturated rings. The molecule has 1 amide bonds. The van der Waals surface area contributed by atoms with Crippen LogP contribution in [0, 0.1) is 11.8 Å². The number of ether oxygens (including phenoxy) is 6. The van der Waals surface area contributed by atoms with E-state index in [9.17, 15) is 9.59 Å². The number of cyclic esters (lactones) is 1. The highest BCUT2D eigenvalue weighted by Gasteiger charge is 2.53. The van der Waals surface area contributed by atoms with Crippen LogP contribution < -0.4 is 29.0 Å². The van der Waals surface area contributed by atoms with Gasteiger partial charge in [-0.3, -0.25) is 9.59 Å². The first-order valence-corrected chi connectivity index (χ1v) is 14.1. The summed E-state index contributed by atoms with van der Waals surface area (Å²) in [6.07, 6.45) is 1.61. The van der Waals surface area contributed by atoms with Crippen molar-refractivity contribution in [2.45, 2.75) is 18.5 Å². The molecule has 0 bridgehead atoms. The molecule has 1 aromatic heterocycles. The molecule has 3 aliphatic rings. The summed E-state index contributed by atoms with van der Waals surface area (Å²) in [6.45, 7) is 0.674. The molecule has 12 heteroatoms. The molecule has 0 radical (unpaired) electrons. The van der Waals surface area contributed by atoms with E-state index in [-0.39, 0.29) is 31.0 Å². The normalized spacial score (nSPS) is 21.2. The zero-order valence-electron chi connectivity index (χ0n) is 24.3. The van der Waals surface area contributed by atoms with Crippen LogP contribution in [0.15, 0.2) is 60.8 Å². The molecule has 2 aliphatic heterocycles. The lowest BCUT2D eigenvalue weighted by Crippen LogP contribution is -2.43. The van der Waals surface area contributed by atoms with Gasteiger partial charge in [-0.1, -0.05) is 35.5 Å². The van der Waals surface area contributed by atoms with Gasteiger partial charge in [-0.15, -0.1) is 5.10 Å². The van der Waals surface area contributed by atoms with E-state index in [4.69, 9.17) is 28.4 Å². The van der Waals surface area contributed by atoms with E-state index in [0.29, 0.717) is 35.3 Å². The van der Waals surface area contributed by atoms with Crippen molar-refractivity contribution in [3.05, 3.63) is 88.7 Å². The van der Waals surface area contributed by atoms with Crippen LogP contribution >= 0.6 is 0 Å². The molecule has 1 N–H and O–H groups in total. The van der Waals surface area contributed by atoms with Crippen LogP contribution in [0.5, 0.6) is 28.7 Å². The lowest BCUT2D eigenvalue weighted by molar-refractivity contribution is -0.141. The molecule has 226 valence electrons. The number of nitrogens with one attached hydrogen (secondary N) is 1. The lowest BCUT2D eigenvalue weighted by atomic mass is 9.65. The van der Waals surface area contributed by atoms with Gasteiger partial charge in [0.25, 0.3) is 5.91 Å². The maximum Gasteiger partial charge on any atom is 0.310 e. The summed E-state index contributed by atoms with van der Waals surface area (Å²) in [4.78, 5) is 27.1. The summed E-state index contributed by atoms with van der Waals surface area (Å²) in [5, 5.41) is 11.4. The number of fused-ring (bicyclic) bond motifs is 3. The number of carbonyl (C=O) groups is 2. The molecule has 3 heterocycles. The molecule has 44 heavy (non-hydrogen) atoms. The third kappa shape index (κ3) is 4.62. The van der Waals surface area contributed by atoms with E-state index >= 15 is 0 Å². The van der Waals surface area contributed by atoms with Crippen molar-refractivity contribution in [3.8, 4) is 28.7 Å². The molecule has 1 aliphatic carbocycles. The zero-order valence-corrected chi connectivity index (χ0v) is 24.3. The predicted molar refractivity (Wildman–Crippen MR) is 154 cm³/mol. The van der Waals surface area contributed by atoms with Crippen molar-refractivity contribution in [1.82, 2.24) is 20.3 Å². The Morgan fingerprint density at radius 3 is 2.34 bits per heavy atom. The van der Waals surface area contributed by atoms with E-state index in [1.54, 1.807) is 25.1 Å². The van der Waals surface area contributed by atoms with Crippen molar-refractivity contribution in [2.24, 2.45) is 11.8 Å². The van der Waals surface area contributed by atoms with Crippen LogP contribution in [-0.2, 0) is 16.1 Å². The van der Waals surface area contributed by atoms with E-state index in [1.807, 2.05) is 54.6 Å². The first-order valence-electron chi connectivity index (χ1n) is 14.1. The Morgan fingerprint density at radius 2 is 1.66 bits per heavy atom. The second-order valence-corrected chi connectivity index (χ2v) is 10.8. The van der Waals surface area contributed by atoms with Gasteiger partial charge in [-0.2, -0.15) is 0 Å². The number of carbonyl (C=O) groups excluding carboxylic acids is 2. The topological polar surface area (TPSA) is 132 Å². The van der Waals surface area contributed by atoms with Crippen molar-refractivity contribution in [3.63, 3.8) is 0 Å². The molecule has 3 aromatic carbocycles. The van der Waals surface area contributed by atoms with Gasteiger partial charge in [-0.25, -0.2) is 4.68 Å². The highest BCUT2D eigenvalue weighted by atomic mass is 16.7. The minimum atomic E-state index is -0.621. The second-order valence-electron chi connectivity index (χ2n) is 10.8. The number of benzene rings is 3. The number of methoxy groups -OCH3 is 3. The smallest absolute Gasteiger partial charge is 0.310 e. The van der Waals surface area contributed by atoms with Crippen molar-refractivity contribution < 1.29 is 38.0 Å². The quantitative estimate of drug-likeness (QED) is 0.301. The number of aromatic nitrogens is 3. The Balaban J connectivity index is 1.29. The van der Waals surface area contributed by atoms with Crippen LogP contribution in [0.4, 0.5) is 0 Å². The molecule has 7 rings (SSSR count). The SMILES string of the molecule is COc1cc([C@@H]2c3cc4c(cc3[C@H](NC(=O)c3cn(Cc5ccccc5)nn3)[C@H]3COC(=O)[C@H]23)OCO4)cc(OC)c1OC. The van der Waals surface area contributed by atoms with Crippen molar-refractivity contribution in [1.29, 1.82) is 0 Å². The third-order valence-corrected chi connectivity index (χ3v) is 8.48. The number of rotatable bonds is 8. The van der Waals surface area contributed by atoms with E-state index < -0.39 is 23.8 Å². The van der Waals surface area contributed by atoms with Gasteiger partial charge in [0, 0.05) is 11.8 Å². The van der Waals surface area contributed by atoms with Crippen LogP contribution in [0.3, 0.4) is 0 Å². The Kier molecular flexibility index (Phi) is 6.96. The minimum absolute atomic E-state index is 0.0729. The Bertz CT molecular complexity index is 1710. The van der Waals surface area contributed by atoms with E-state index in [2.05, 4.69) is 15.6 Å². The summed E-state index contributed by atoms with van der Waals surface area (Å²) < 4.78 is 35.5. The molecule has 4 aromatic rings. The second kappa shape index (κ2) is 11.1. The third-order valence-electron chi connectivity index (χ3n) is 8.48. The fraction of sp³-hybridized carbons (Fsp3) is 0.312. The standard InChI is InChI=1S/C32H30N4O8/c1-39-25-9-18(10-26(40-2)30(25)41-3)27-19-11-23-24(44-16-43-23)12-20(19)29(21-15-42-32(38)28(21)27)33-31(37)22-14-36(35-34-22)13-17-7-5-4-6-8-17/h4-12,14,21,27-29H,13,15-16H2,1-3H3,(H,33,37)/t21-,27+,28-,29-/m0/s1. The maximum atomic E-state index is 13.6.